The molecule has 7 heteroatoms. The summed E-state index contributed by atoms with van der Waals surface area (Å²) in [6.07, 6.45) is 2.40. The van der Waals surface area contributed by atoms with E-state index in [4.69, 9.17) is 21.1 Å². The molecule has 0 radical (unpaired) electrons. The Balaban J connectivity index is 3.17. The molecule has 1 aromatic rings. The Morgan fingerprint density at radius 2 is 2.21 bits per heavy atom. The number of hydrogen-bond acceptors (Lipinski definition) is 5. The first-order chi connectivity index (χ1) is 8.99. The molecule has 0 bridgehead atoms. The maximum Gasteiger partial charge on any atom is 0.330 e. The average molecular weight is 286 g/mol. The molecule has 0 aliphatic rings. The lowest BCUT2D eigenvalue weighted by Crippen LogP contribution is -1.99. The number of halogens is 1. The molecule has 0 spiro atoms. The number of nitro benzene ring substituents is 1. The molecule has 0 atom stereocenters. The first-order valence-electron chi connectivity index (χ1n) is 5.36. The molecular formula is C12H12ClNO5. The normalized spacial score (nSPS) is 10.5. The number of rotatable bonds is 5. The van der Waals surface area contributed by atoms with Crippen LogP contribution in [0.2, 0.25) is 5.02 Å². The molecule has 0 unspecified atom stereocenters. The van der Waals surface area contributed by atoms with E-state index in [1.807, 2.05) is 0 Å². The molecule has 0 amide bonds. The van der Waals surface area contributed by atoms with Gasteiger partial charge in [-0.25, -0.2) is 4.79 Å². The van der Waals surface area contributed by atoms with E-state index < -0.39 is 10.9 Å². The lowest BCUT2D eigenvalue weighted by Gasteiger charge is -2.05. The van der Waals surface area contributed by atoms with Gasteiger partial charge in [-0.1, -0.05) is 11.6 Å². The molecule has 0 fully saturated rings. The van der Waals surface area contributed by atoms with Crippen LogP contribution in [-0.4, -0.2) is 24.6 Å². The van der Waals surface area contributed by atoms with E-state index in [0.29, 0.717) is 0 Å². The van der Waals surface area contributed by atoms with Gasteiger partial charge in [-0.15, -0.1) is 0 Å². The minimum atomic E-state index is -0.587. The van der Waals surface area contributed by atoms with Gasteiger partial charge in [-0.2, -0.15) is 0 Å². The monoisotopic (exact) mass is 285 g/mol. The summed E-state index contributed by atoms with van der Waals surface area (Å²) < 4.78 is 9.66. The van der Waals surface area contributed by atoms with Crippen molar-refractivity contribution in [1.82, 2.24) is 0 Å². The zero-order chi connectivity index (χ0) is 14.4. The number of esters is 1. The van der Waals surface area contributed by atoms with Crippen LogP contribution in [-0.2, 0) is 9.53 Å². The maximum atomic E-state index is 11.2. The molecular weight excluding hydrogens is 274 g/mol. The number of ether oxygens (including phenoxy) is 2. The van der Waals surface area contributed by atoms with Crippen LogP contribution < -0.4 is 4.74 Å². The van der Waals surface area contributed by atoms with Crippen LogP contribution in [0.15, 0.2) is 18.2 Å². The van der Waals surface area contributed by atoms with Crippen LogP contribution in [0.5, 0.6) is 5.75 Å². The smallest absolute Gasteiger partial charge is 0.330 e. The van der Waals surface area contributed by atoms with Crippen molar-refractivity contribution < 1.29 is 19.2 Å². The Kier molecular flexibility index (Phi) is 5.32. The zero-order valence-corrected chi connectivity index (χ0v) is 11.1. The van der Waals surface area contributed by atoms with Crippen molar-refractivity contribution in [3.8, 4) is 5.75 Å². The molecule has 1 aromatic carbocycles. The highest BCUT2D eigenvalue weighted by molar-refractivity contribution is 6.32. The number of nitrogens with zero attached hydrogens (tertiary/aromatic N) is 1. The molecule has 0 aliphatic carbocycles. The third-order valence-corrected chi connectivity index (χ3v) is 2.48. The van der Waals surface area contributed by atoms with E-state index in [-0.39, 0.29) is 28.6 Å². The number of carbonyl (C=O) groups excluding carboxylic acids is 1. The number of benzene rings is 1. The van der Waals surface area contributed by atoms with Crippen molar-refractivity contribution in [1.29, 1.82) is 0 Å². The van der Waals surface area contributed by atoms with E-state index in [1.54, 1.807) is 6.92 Å². The van der Waals surface area contributed by atoms with Gasteiger partial charge in [-0.05, 0) is 19.1 Å². The van der Waals surface area contributed by atoms with Gasteiger partial charge in [0, 0.05) is 12.1 Å². The summed E-state index contributed by atoms with van der Waals surface area (Å²) in [7, 11) is 1.39. The van der Waals surface area contributed by atoms with Gasteiger partial charge in [0.2, 0.25) is 0 Å². The van der Waals surface area contributed by atoms with Crippen molar-refractivity contribution in [2.75, 3.05) is 13.7 Å². The minimum absolute atomic E-state index is 0.127. The van der Waals surface area contributed by atoms with Crippen LogP contribution >= 0.6 is 11.6 Å². The largest absolute Gasteiger partial charge is 0.495 e. The van der Waals surface area contributed by atoms with Crippen molar-refractivity contribution in [3.05, 3.63) is 38.9 Å². The van der Waals surface area contributed by atoms with Crippen molar-refractivity contribution >= 4 is 29.3 Å². The van der Waals surface area contributed by atoms with Gasteiger partial charge >= 0.3 is 5.97 Å². The van der Waals surface area contributed by atoms with Gasteiger partial charge in [0.05, 0.1) is 29.2 Å². The molecule has 0 heterocycles. The van der Waals surface area contributed by atoms with E-state index in [9.17, 15) is 14.9 Å². The lowest BCUT2D eigenvalue weighted by molar-refractivity contribution is -0.385. The summed E-state index contributed by atoms with van der Waals surface area (Å²) in [5.74, 6) is -0.290. The lowest BCUT2D eigenvalue weighted by atomic mass is 10.1. The molecule has 1 rings (SSSR count). The van der Waals surface area contributed by atoms with E-state index >= 15 is 0 Å². The summed E-state index contributed by atoms with van der Waals surface area (Å²) in [6.45, 7) is 1.90. The number of hydrogen-bond donors (Lipinski definition) is 0. The van der Waals surface area contributed by atoms with Crippen molar-refractivity contribution in [3.63, 3.8) is 0 Å². The summed E-state index contributed by atoms with van der Waals surface area (Å²) in [5.41, 5.74) is -0.00866. The van der Waals surface area contributed by atoms with E-state index in [1.165, 1.54) is 25.3 Å². The second-order valence-electron chi connectivity index (χ2n) is 3.39. The van der Waals surface area contributed by atoms with Gasteiger partial charge in [0.25, 0.3) is 5.69 Å². The highest BCUT2D eigenvalue weighted by Crippen LogP contribution is 2.32. The molecule has 0 aliphatic heterocycles. The standard InChI is InChI=1S/C12H12ClNO5/c1-3-19-12(15)5-4-8-6-11(18-2)9(13)7-10(8)14(16)17/h4-7H,3H2,1-2H3. The number of carbonyl (C=O) groups is 1. The topological polar surface area (TPSA) is 78.7 Å². The Labute approximate surface area is 114 Å². The molecule has 0 saturated heterocycles. The fraction of sp³-hybridized carbons (Fsp3) is 0.250. The predicted molar refractivity (Wildman–Crippen MR) is 70.3 cm³/mol. The Hall–Kier alpha value is -2.08. The summed E-state index contributed by atoms with van der Waals surface area (Å²) in [5, 5.41) is 11.0. The number of methoxy groups -OCH3 is 1. The highest BCUT2D eigenvalue weighted by Gasteiger charge is 2.16. The second kappa shape index (κ2) is 6.75. The molecule has 102 valence electrons. The molecule has 0 aromatic heterocycles. The predicted octanol–water partition coefficient (Wildman–Crippen LogP) is 2.83. The third kappa shape index (κ3) is 3.96. The zero-order valence-electron chi connectivity index (χ0n) is 10.4. The van der Waals surface area contributed by atoms with Crippen LogP contribution in [0.3, 0.4) is 0 Å². The minimum Gasteiger partial charge on any atom is -0.495 e. The third-order valence-electron chi connectivity index (χ3n) is 2.18. The Morgan fingerprint density at radius 3 is 2.74 bits per heavy atom. The van der Waals surface area contributed by atoms with Crippen molar-refractivity contribution in [2.24, 2.45) is 0 Å². The van der Waals surface area contributed by atoms with Gasteiger partial charge in [0.1, 0.15) is 5.75 Å². The van der Waals surface area contributed by atoms with Crippen LogP contribution in [0.1, 0.15) is 12.5 Å². The fourth-order valence-electron chi connectivity index (χ4n) is 1.35. The molecule has 0 N–H and O–H groups in total. The maximum absolute atomic E-state index is 11.2. The Bertz CT molecular complexity index is 527. The van der Waals surface area contributed by atoms with Crippen LogP contribution in [0.25, 0.3) is 6.08 Å². The number of nitro groups is 1. The first-order valence-corrected chi connectivity index (χ1v) is 5.74. The quantitative estimate of drug-likeness (QED) is 0.360. The Morgan fingerprint density at radius 1 is 1.53 bits per heavy atom. The van der Waals surface area contributed by atoms with Crippen molar-refractivity contribution in [2.45, 2.75) is 6.92 Å². The van der Waals surface area contributed by atoms with Gasteiger partial charge in [-0.3, -0.25) is 10.1 Å². The summed E-state index contributed by atoms with van der Waals surface area (Å²) in [6, 6.07) is 2.56. The van der Waals surface area contributed by atoms with Gasteiger partial charge < -0.3 is 9.47 Å². The summed E-state index contributed by atoms with van der Waals surface area (Å²) in [4.78, 5) is 21.5. The SMILES string of the molecule is CCOC(=O)C=Cc1cc(OC)c(Cl)cc1[N+](=O)[O-]. The molecule has 19 heavy (non-hydrogen) atoms. The van der Waals surface area contributed by atoms with E-state index in [2.05, 4.69) is 0 Å². The average Bonchev–Trinajstić information content (AvgIpc) is 2.37. The molecule has 0 saturated carbocycles. The van der Waals surface area contributed by atoms with E-state index in [0.717, 1.165) is 6.08 Å². The highest BCUT2D eigenvalue weighted by atomic mass is 35.5. The molecule has 6 nitrogen and oxygen atoms in total. The summed E-state index contributed by atoms with van der Waals surface area (Å²) >= 11 is 5.81. The van der Waals surface area contributed by atoms with Gasteiger partial charge in [0.15, 0.2) is 0 Å². The second-order valence-corrected chi connectivity index (χ2v) is 3.80. The van der Waals surface area contributed by atoms with Crippen LogP contribution in [0, 0.1) is 10.1 Å². The first kappa shape index (κ1) is 15.0. The van der Waals surface area contributed by atoms with Crippen LogP contribution in [0.4, 0.5) is 5.69 Å². The fourth-order valence-corrected chi connectivity index (χ4v) is 1.59.